The minimum absolute atomic E-state index is 0.211. The van der Waals surface area contributed by atoms with Gasteiger partial charge in [-0.2, -0.15) is 0 Å². The average Bonchev–Trinajstić information content (AvgIpc) is 3.59. The number of epoxide rings is 2. The molecule has 0 radical (unpaired) electrons. The molecule has 2 atom stereocenters. The van der Waals surface area contributed by atoms with Gasteiger partial charge in [0.2, 0.25) is 9.84 Å². The summed E-state index contributed by atoms with van der Waals surface area (Å²) in [7, 11) is -3.59. The highest BCUT2D eigenvalue weighted by Gasteiger charge is 2.40. The highest BCUT2D eigenvalue weighted by atomic mass is 32.2. The summed E-state index contributed by atoms with van der Waals surface area (Å²) in [6.45, 7) is 6.21. The molecule has 0 N–H and O–H groups in total. The van der Waals surface area contributed by atoms with Crippen molar-refractivity contribution in [3.05, 3.63) is 48.5 Å². The van der Waals surface area contributed by atoms with Gasteiger partial charge in [0, 0.05) is 0 Å². The van der Waals surface area contributed by atoms with E-state index in [1.54, 1.807) is 48.5 Å². The Hall–Kier alpha value is -2.09. The van der Waals surface area contributed by atoms with E-state index >= 15 is 0 Å². The third kappa shape index (κ3) is 4.26. The summed E-state index contributed by atoms with van der Waals surface area (Å²) < 4.78 is 47.4. The van der Waals surface area contributed by atoms with Crippen LogP contribution in [0.25, 0.3) is 0 Å². The highest BCUT2D eigenvalue weighted by molar-refractivity contribution is 7.91. The second-order valence-electron chi connectivity index (χ2n) is 7.50. The largest absolute Gasteiger partial charge is 0.491 e. The van der Waals surface area contributed by atoms with E-state index in [-0.39, 0.29) is 21.0 Å². The lowest BCUT2D eigenvalue weighted by Gasteiger charge is -2.11. The molecule has 2 aliphatic heterocycles. The highest BCUT2D eigenvalue weighted by Crippen LogP contribution is 2.29. The van der Waals surface area contributed by atoms with Gasteiger partial charge in [0.05, 0.1) is 23.0 Å². The SMILES string of the molecule is CC1(COc2ccc(S(=O)(=O)c3ccc(OCC4(C)CO4)cc3)cc2)CO1. The van der Waals surface area contributed by atoms with Crippen LogP contribution in [0.5, 0.6) is 11.5 Å². The maximum atomic E-state index is 12.8. The molecule has 2 aliphatic rings. The maximum absolute atomic E-state index is 12.8. The third-order valence-electron chi connectivity index (χ3n) is 4.63. The minimum atomic E-state index is -3.59. The van der Waals surface area contributed by atoms with Crippen LogP contribution in [0.3, 0.4) is 0 Å². The van der Waals surface area contributed by atoms with Gasteiger partial charge in [0.1, 0.15) is 35.9 Å². The van der Waals surface area contributed by atoms with E-state index in [4.69, 9.17) is 18.9 Å². The zero-order valence-corrected chi connectivity index (χ0v) is 16.1. The van der Waals surface area contributed by atoms with Crippen molar-refractivity contribution in [3.63, 3.8) is 0 Å². The number of hydrogen-bond donors (Lipinski definition) is 0. The van der Waals surface area contributed by atoms with Crippen LogP contribution in [0.2, 0.25) is 0 Å². The van der Waals surface area contributed by atoms with Crippen LogP contribution in [-0.4, -0.2) is 46.0 Å². The van der Waals surface area contributed by atoms with E-state index in [1.807, 2.05) is 13.8 Å². The standard InChI is InChI=1S/C20H22O6S/c1-19(13-25-19)11-23-15-3-7-17(8-4-15)27(21,22)18-9-5-16(6-10-18)24-12-20(2)14-26-20/h3-10H,11-14H2,1-2H3. The van der Waals surface area contributed by atoms with Crippen molar-refractivity contribution in [2.24, 2.45) is 0 Å². The second-order valence-corrected chi connectivity index (χ2v) is 9.45. The molecule has 0 spiro atoms. The Labute approximate surface area is 158 Å². The van der Waals surface area contributed by atoms with Crippen LogP contribution in [0.1, 0.15) is 13.8 Å². The molecule has 6 nitrogen and oxygen atoms in total. The fourth-order valence-electron chi connectivity index (χ4n) is 2.45. The summed E-state index contributed by atoms with van der Waals surface area (Å²) in [6.07, 6.45) is 0. The van der Waals surface area contributed by atoms with Gasteiger partial charge in [-0.15, -0.1) is 0 Å². The van der Waals surface area contributed by atoms with Crippen LogP contribution in [0.4, 0.5) is 0 Å². The molecule has 2 saturated heterocycles. The maximum Gasteiger partial charge on any atom is 0.206 e. The molecular weight excluding hydrogens is 368 g/mol. The Balaban J connectivity index is 1.42. The first kappa shape index (κ1) is 18.3. The van der Waals surface area contributed by atoms with E-state index in [9.17, 15) is 8.42 Å². The van der Waals surface area contributed by atoms with Crippen molar-refractivity contribution in [1.29, 1.82) is 0 Å². The quantitative estimate of drug-likeness (QED) is 0.645. The first-order chi connectivity index (χ1) is 12.8. The molecule has 2 aromatic carbocycles. The van der Waals surface area contributed by atoms with Gasteiger partial charge in [0.15, 0.2) is 0 Å². The molecule has 7 heteroatoms. The molecule has 4 rings (SSSR count). The van der Waals surface area contributed by atoms with E-state index in [2.05, 4.69) is 0 Å². The zero-order chi connectivity index (χ0) is 19.1. The van der Waals surface area contributed by atoms with E-state index in [1.165, 1.54) is 0 Å². The normalized spacial score (nSPS) is 26.4. The number of benzene rings is 2. The summed E-state index contributed by atoms with van der Waals surface area (Å²) in [6, 6.07) is 12.8. The fraction of sp³-hybridized carbons (Fsp3) is 0.400. The summed E-state index contributed by atoms with van der Waals surface area (Å²) in [4.78, 5) is 0.438. The van der Waals surface area contributed by atoms with Crippen LogP contribution in [0.15, 0.2) is 58.3 Å². The number of sulfone groups is 1. The van der Waals surface area contributed by atoms with Crippen molar-refractivity contribution in [2.75, 3.05) is 26.4 Å². The van der Waals surface area contributed by atoms with Gasteiger partial charge < -0.3 is 18.9 Å². The lowest BCUT2D eigenvalue weighted by atomic mass is 10.2. The lowest BCUT2D eigenvalue weighted by Crippen LogP contribution is -2.17. The molecule has 2 unspecified atom stereocenters. The summed E-state index contributed by atoms with van der Waals surface area (Å²) in [5, 5.41) is 0. The molecule has 0 aliphatic carbocycles. The van der Waals surface area contributed by atoms with Gasteiger partial charge in [-0.25, -0.2) is 8.42 Å². The molecular formula is C20H22O6S. The average molecular weight is 390 g/mol. The predicted molar refractivity (Wildman–Crippen MR) is 98.0 cm³/mol. The molecule has 0 aromatic heterocycles. The second kappa shape index (κ2) is 6.51. The summed E-state index contributed by atoms with van der Waals surface area (Å²) >= 11 is 0. The minimum Gasteiger partial charge on any atom is -0.491 e. The van der Waals surface area contributed by atoms with Gasteiger partial charge >= 0.3 is 0 Å². The molecule has 2 heterocycles. The van der Waals surface area contributed by atoms with E-state index < -0.39 is 9.84 Å². The Morgan fingerprint density at radius 1 is 0.778 bits per heavy atom. The molecule has 0 saturated carbocycles. The van der Waals surface area contributed by atoms with Crippen molar-refractivity contribution in [3.8, 4) is 11.5 Å². The predicted octanol–water partition coefficient (Wildman–Crippen LogP) is 2.85. The molecule has 27 heavy (non-hydrogen) atoms. The van der Waals surface area contributed by atoms with Crippen molar-refractivity contribution < 1.29 is 27.4 Å². The smallest absolute Gasteiger partial charge is 0.206 e. The lowest BCUT2D eigenvalue weighted by molar-refractivity contribution is 0.202. The van der Waals surface area contributed by atoms with Crippen LogP contribution in [0, 0.1) is 0 Å². The van der Waals surface area contributed by atoms with Crippen molar-refractivity contribution >= 4 is 9.84 Å². The first-order valence-corrected chi connectivity index (χ1v) is 10.3. The summed E-state index contributed by atoms with van der Waals surface area (Å²) in [5.41, 5.74) is -0.421. The Bertz CT molecular complexity index is 838. The number of ether oxygens (including phenoxy) is 4. The molecule has 0 amide bonds. The van der Waals surface area contributed by atoms with Crippen LogP contribution >= 0.6 is 0 Å². The van der Waals surface area contributed by atoms with E-state index in [0.717, 1.165) is 0 Å². The Kier molecular flexibility index (Phi) is 4.41. The zero-order valence-electron chi connectivity index (χ0n) is 15.3. The fourth-order valence-corrected chi connectivity index (χ4v) is 3.71. The molecule has 2 fully saturated rings. The first-order valence-electron chi connectivity index (χ1n) is 8.77. The van der Waals surface area contributed by atoms with Crippen LogP contribution < -0.4 is 9.47 Å². The topological polar surface area (TPSA) is 77.7 Å². The van der Waals surface area contributed by atoms with Crippen LogP contribution in [-0.2, 0) is 19.3 Å². The van der Waals surface area contributed by atoms with E-state index in [0.29, 0.717) is 37.9 Å². The number of rotatable bonds is 8. The number of hydrogen-bond acceptors (Lipinski definition) is 6. The van der Waals surface area contributed by atoms with Crippen molar-refractivity contribution in [1.82, 2.24) is 0 Å². The Morgan fingerprint density at radius 3 is 1.41 bits per heavy atom. The van der Waals surface area contributed by atoms with Gasteiger partial charge in [-0.05, 0) is 62.4 Å². The van der Waals surface area contributed by atoms with Gasteiger partial charge in [-0.1, -0.05) is 0 Å². The van der Waals surface area contributed by atoms with Gasteiger partial charge in [0.25, 0.3) is 0 Å². The summed E-state index contributed by atoms with van der Waals surface area (Å²) in [5.74, 6) is 1.23. The van der Waals surface area contributed by atoms with Gasteiger partial charge in [-0.3, -0.25) is 0 Å². The Morgan fingerprint density at radius 2 is 1.11 bits per heavy atom. The monoisotopic (exact) mass is 390 g/mol. The molecule has 2 aromatic rings. The third-order valence-corrected chi connectivity index (χ3v) is 6.42. The van der Waals surface area contributed by atoms with Crippen molar-refractivity contribution in [2.45, 2.75) is 34.8 Å². The molecule has 144 valence electrons. The molecule has 0 bridgehead atoms.